The van der Waals surface area contributed by atoms with E-state index in [0.717, 1.165) is 25.1 Å². The molecule has 0 aliphatic heterocycles. The van der Waals surface area contributed by atoms with Gasteiger partial charge in [0.2, 0.25) is 0 Å². The summed E-state index contributed by atoms with van der Waals surface area (Å²) in [5.74, 6) is 0. The zero-order valence-corrected chi connectivity index (χ0v) is 11.0. The van der Waals surface area contributed by atoms with Gasteiger partial charge in [0.25, 0.3) is 0 Å². The summed E-state index contributed by atoms with van der Waals surface area (Å²) >= 11 is 0. The maximum absolute atomic E-state index is 4.48. The van der Waals surface area contributed by atoms with Crippen molar-refractivity contribution in [1.82, 2.24) is 20.1 Å². The van der Waals surface area contributed by atoms with E-state index in [1.807, 2.05) is 36.4 Å². The monoisotopic (exact) mass is 244 g/mol. The molecule has 0 aliphatic carbocycles. The Morgan fingerprint density at radius 2 is 2.28 bits per heavy atom. The molecule has 0 saturated carbocycles. The van der Waals surface area contributed by atoms with Crippen molar-refractivity contribution < 1.29 is 0 Å². The number of aryl methyl sites for hydroxylation is 2. The molecular formula is C14H20N4. The van der Waals surface area contributed by atoms with Crippen molar-refractivity contribution in [3.8, 4) is 0 Å². The van der Waals surface area contributed by atoms with Gasteiger partial charge in [0.15, 0.2) is 0 Å². The van der Waals surface area contributed by atoms with E-state index in [9.17, 15) is 0 Å². The van der Waals surface area contributed by atoms with Crippen LogP contribution in [0.25, 0.3) is 0 Å². The fourth-order valence-corrected chi connectivity index (χ4v) is 2.08. The quantitative estimate of drug-likeness (QED) is 0.846. The topological polar surface area (TPSA) is 42.7 Å². The van der Waals surface area contributed by atoms with Crippen molar-refractivity contribution in [3.05, 3.63) is 48.0 Å². The molecule has 1 N–H and O–H groups in total. The van der Waals surface area contributed by atoms with E-state index >= 15 is 0 Å². The first kappa shape index (κ1) is 12.8. The molecule has 0 spiro atoms. The van der Waals surface area contributed by atoms with Gasteiger partial charge in [0.1, 0.15) is 0 Å². The molecule has 96 valence electrons. The lowest BCUT2D eigenvalue weighted by atomic mass is 10.0. The van der Waals surface area contributed by atoms with E-state index in [4.69, 9.17) is 0 Å². The summed E-state index contributed by atoms with van der Waals surface area (Å²) in [5.41, 5.74) is 2.39. The molecule has 1 unspecified atom stereocenters. The van der Waals surface area contributed by atoms with Crippen molar-refractivity contribution in [2.75, 3.05) is 6.54 Å². The van der Waals surface area contributed by atoms with Crippen LogP contribution in [0.4, 0.5) is 0 Å². The van der Waals surface area contributed by atoms with Gasteiger partial charge in [-0.15, -0.1) is 0 Å². The summed E-state index contributed by atoms with van der Waals surface area (Å²) in [7, 11) is 1.95. The summed E-state index contributed by atoms with van der Waals surface area (Å²) in [6.45, 7) is 3.08. The number of nitrogens with zero attached hydrogens (tertiary/aromatic N) is 3. The van der Waals surface area contributed by atoms with Gasteiger partial charge in [-0.1, -0.05) is 13.0 Å². The molecule has 1 atom stereocenters. The molecule has 0 bridgehead atoms. The molecule has 4 nitrogen and oxygen atoms in total. The van der Waals surface area contributed by atoms with Gasteiger partial charge in [-0.05, 0) is 37.1 Å². The van der Waals surface area contributed by atoms with Gasteiger partial charge in [-0.2, -0.15) is 5.10 Å². The molecule has 0 radical (unpaired) electrons. The molecule has 0 fully saturated rings. The molecule has 0 aromatic carbocycles. The van der Waals surface area contributed by atoms with Gasteiger partial charge < -0.3 is 5.32 Å². The summed E-state index contributed by atoms with van der Waals surface area (Å²) in [5, 5.41) is 7.97. The Morgan fingerprint density at radius 3 is 2.89 bits per heavy atom. The molecule has 2 rings (SSSR count). The average molecular weight is 244 g/mol. The van der Waals surface area contributed by atoms with Crippen molar-refractivity contribution in [3.63, 3.8) is 0 Å². The highest BCUT2D eigenvalue weighted by molar-refractivity contribution is 5.11. The lowest BCUT2D eigenvalue weighted by Crippen LogP contribution is -2.22. The van der Waals surface area contributed by atoms with E-state index in [1.54, 1.807) is 0 Å². The van der Waals surface area contributed by atoms with Gasteiger partial charge in [-0.25, -0.2) is 0 Å². The zero-order valence-electron chi connectivity index (χ0n) is 11.0. The number of rotatable bonds is 6. The number of hydrogen-bond acceptors (Lipinski definition) is 3. The smallest absolute Gasteiger partial charge is 0.0793 e. The van der Waals surface area contributed by atoms with Gasteiger partial charge in [0, 0.05) is 25.6 Å². The highest BCUT2D eigenvalue weighted by atomic mass is 15.3. The lowest BCUT2D eigenvalue weighted by molar-refractivity contribution is 0.497. The van der Waals surface area contributed by atoms with E-state index < -0.39 is 0 Å². The maximum atomic E-state index is 4.48. The fourth-order valence-electron chi connectivity index (χ4n) is 2.08. The van der Waals surface area contributed by atoms with E-state index in [0.29, 0.717) is 6.04 Å². The third-order valence-electron chi connectivity index (χ3n) is 2.99. The minimum Gasteiger partial charge on any atom is -0.309 e. The average Bonchev–Trinajstić information content (AvgIpc) is 2.82. The van der Waals surface area contributed by atoms with Crippen LogP contribution in [0, 0.1) is 0 Å². The van der Waals surface area contributed by atoms with Crippen LogP contribution in [0.5, 0.6) is 0 Å². The predicted octanol–water partition coefficient (Wildman–Crippen LogP) is 2.10. The molecule has 2 heterocycles. The molecule has 4 heteroatoms. The van der Waals surface area contributed by atoms with Crippen LogP contribution in [0.1, 0.15) is 30.6 Å². The van der Waals surface area contributed by atoms with Crippen molar-refractivity contribution in [2.24, 2.45) is 7.05 Å². The number of hydrogen-bond donors (Lipinski definition) is 1. The Kier molecular flexibility index (Phi) is 4.47. The largest absolute Gasteiger partial charge is 0.309 e. The van der Waals surface area contributed by atoms with Crippen molar-refractivity contribution in [1.29, 1.82) is 0 Å². The molecule has 18 heavy (non-hydrogen) atoms. The van der Waals surface area contributed by atoms with E-state index in [2.05, 4.69) is 34.5 Å². The highest BCUT2D eigenvalue weighted by Crippen LogP contribution is 2.17. The minimum absolute atomic E-state index is 0.316. The summed E-state index contributed by atoms with van der Waals surface area (Å²) in [6.07, 6.45) is 7.79. The SMILES string of the molecule is CCNC(CCc1cccnc1)c1ccn(C)n1. The van der Waals surface area contributed by atoms with Crippen LogP contribution >= 0.6 is 0 Å². The second kappa shape index (κ2) is 6.31. The van der Waals surface area contributed by atoms with Crippen molar-refractivity contribution >= 4 is 0 Å². The summed E-state index contributed by atoms with van der Waals surface area (Å²) in [6, 6.07) is 6.50. The molecule has 2 aromatic heterocycles. The van der Waals surface area contributed by atoms with Crippen LogP contribution in [-0.2, 0) is 13.5 Å². The summed E-state index contributed by atoms with van der Waals surface area (Å²) in [4.78, 5) is 4.15. The molecule has 0 aliphatic rings. The molecular weight excluding hydrogens is 224 g/mol. The van der Waals surface area contributed by atoms with E-state index in [1.165, 1.54) is 5.56 Å². The Morgan fingerprint density at radius 1 is 1.39 bits per heavy atom. The van der Waals surface area contributed by atoms with Crippen molar-refractivity contribution in [2.45, 2.75) is 25.8 Å². The Hall–Kier alpha value is -1.68. The van der Waals surface area contributed by atoms with Crippen LogP contribution in [0.2, 0.25) is 0 Å². The zero-order chi connectivity index (χ0) is 12.8. The number of nitrogens with one attached hydrogen (secondary N) is 1. The fraction of sp³-hybridized carbons (Fsp3) is 0.429. The Bertz CT molecular complexity index is 464. The van der Waals surface area contributed by atoms with Crippen LogP contribution in [0.15, 0.2) is 36.8 Å². The number of pyridine rings is 1. The van der Waals surface area contributed by atoms with E-state index in [-0.39, 0.29) is 0 Å². The second-order valence-electron chi connectivity index (χ2n) is 4.42. The summed E-state index contributed by atoms with van der Waals surface area (Å²) < 4.78 is 1.85. The minimum atomic E-state index is 0.316. The van der Waals surface area contributed by atoms with Crippen LogP contribution < -0.4 is 5.32 Å². The normalized spacial score (nSPS) is 12.6. The second-order valence-corrected chi connectivity index (χ2v) is 4.42. The van der Waals surface area contributed by atoms with Gasteiger partial charge >= 0.3 is 0 Å². The van der Waals surface area contributed by atoms with Gasteiger partial charge in [-0.3, -0.25) is 9.67 Å². The first-order valence-corrected chi connectivity index (χ1v) is 6.41. The Balaban J connectivity index is 1.98. The third kappa shape index (κ3) is 3.40. The first-order valence-electron chi connectivity index (χ1n) is 6.41. The Labute approximate surface area is 108 Å². The molecule has 2 aromatic rings. The van der Waals surface area contributed by atoms with Gasteiger partial charge in [0.05, 0.1) is 11.7 Å². The molecule has 0 saturated heterocycles. The van der Waals surface area contributed by atoms with Crippen LogP contribution in [0.3, 0.4) is 0 Å². The standard InChI is InChI=1S/C14H20N4/c1-3-16-13(14-8-10-18(2)17-14)7-6-12-5-4-9-15-11-12/h4-5,8-11,13,16H,3,6-7H2,1-2H3. The highest BCUT2D eigenvalue weighted by Gasteiger charge is 2.12. The number of aromatic nitrogens is 3. The maximum Gasteiger partial charge on any atom is 0.0793 e. The first-order chi connectivity index (χ1) is 8.79. The molecule has 0 amide bonds. The third-order valence-corrected chi connectivity index (χ3v) is 2.99. The van der Waals surface area contributed by atoms with Crippen LogP contribution in [-0.4, -0.2) is 21.3 Å². The predicted molar refractivity (Wildman–Crippen MR) is 72.2 cm³/mol. The lowest BCUT2D eigenvalue weighted by Gasteiger charge is -2.15.